The van der Waals surface area contributed by atoms with Crippen LogP contribution in [0.1, 0.15) is 35.8 Å². The monoisotopic (exact) mass is 362 g/mol. The topological polar surface area (TPSA) is 76.1 Å². The van der Waals surface area contributed by atoms with Crippen molar-refractivity contribution in [3.63, 3.8) is 0 Å². The molecule has 0 unspecified atom stereocenters. The SMILES string of the molecule is COc1cccc(Nc2ccc(C(=O)Nc3ccccc3C(C)C)nn2)c1. The number of nitrogens with one attached hydrogen (secondary N) is 2. The first-order valence-electron chi connectivity index (χ1n) is 8.72. The first-order valence-corrected chi connectivity index (χ1v) is 8.72. The van der Waals surface area contributed by atoms with Gasteiger partial charge < -0.3 is 15.4 Å². The van der Waals surface area contributed by atoms with E-state index < -0.39 is 0 Å². The number of rotatable bonds is 6. The van der Waals surface area contributed by atoms with Crippen molar-refractivity contribution in [3.05, 3.63) is 71.9 Å². The van der Waals surface area contributed by atoms with E-state index >= 15 is 0 Å². The van der Waals surface area contributed by atoms with Gasteiger partial charge >= 0.3 is 0 Å². The van der Waals surface area contributed by atoms with Gasteiger partial charge in [0.05, 0.1) is 7.11 Å². The summed E-state index contributed by atoms with van der Waals surface area (Å²) in [5.74, 6) is 1.31. The third-order valence-electron chi connectivity index (χ3n) is 4.07. The minimum Gasteiger partial charge on any atom is -0.497 e. The number of nitrogens with zero attached hydrogens (tertiary/aromatic N) is 2. The van der Waals surface area contributed by atoms with Gasteiger partial charge in [0.15, 0.2) is 11.5 Å². The number of para-hydroxylation sites is 1. The molecule has 3 aromatic rings. The van der Waals surface area contributed by atoms with E-state index in [9.17, 15) is 4.79 Å². The zero-order valence-electron chi connectivity index (χ0n) is 15.6. The van der Waals surface area contributed by atoms with Crippen LogP contribution in [0.4, 0.5) is 17.2 Å². The molecule has 27 heavy (non-hydrogen) atoms. The van der Waals surface area contributed by atoms with Crippen molar-refractivity contribution in [2.45, 2.75) is 19.8 Å². The Labute approximate surface area is 158 Å². The number of hydrogen-bond acceptors (Lipinski definition) is 5. The maximum atomic E-state index is 12.5. The summed E-state index contributed by atoms with van der Waals surface area (Å²) in [7, 11) is 1.61. The van der Waals surface area contributed by atoms with Crippen molar-refractivity contribution in [2.75, 3.05) is 17.7 Å². The Balaban J connectivity index is 1.70. The van der Waals surface area contributed by atoms with Crippen molar-refractivity contribution in [3.8, 4) is 5.75 Å². The van der Waals surface area contributed by atoms with Crippen LogP contribution in [0.2, 0.25) is 0 Å². The van der Waals surface area contributed by atoms with Crippen molar-refractivity contribution < 1.29 is 9.53 Å². The van der Waals surface area contributed by atoms with E-state index in [2.05, 4.69) is 34.7 Å². The number of aromatic nitrogens is 2. The first-order chi connectivity index (χ1) is 13.1. The summed E-state index contributed by atoms with van der Waals surface area (Å²) in [4.78, 5) is 12.5. The van der Waals surface area contributed by atoms with Gasteiger partial charge in [-0.25, -0.2) is 0 Å². The van der Waals surface area contributed by atoms with Crippen LogP contribution in [0.15, 0.2) is 60.7 Å². The maximum Gasteiger partial charge on any atom is 0.276 e. The predicted octanol–water partition coefficient (Wildman–Crippen LogP) is 4.60. The Kier molecular flexibility index (Phi) is 5.66. The lowest BCUT2D eigenvalue weighted by Crippen LogP contribution is -2.16. The van der Waals surface area contributed by atoms with E-state index in [0.29, 0.717) is 11.7 Å². The van der Waals surface area contributed by atoms with Gasteiger partial charge in [-0.1, -0.05) is 38.1 Å². The average Bonchev–Trinajstić information content (AvgIpc) is 2.69. The molecule has 1 heterocycles. The fraction of sp³-hybridized carbons (Fsp3) is 0.190. The molecule has 1 amide bonds. The number of methoxy groups -OCH3 is 1. The van der Waals surface area contributed by atoms with E-state index in [1.807, 2.05) is 48.5 Å². The lowest BCUT2D eigenvalue weighted by Gasteiger charge is -2.13. The third kappa shape index (κ3) is 4.61. The van der Waals surface area contributed by atoms with Gasteiger partial charge in [0.1, 0.15) is 5.75 Å². The Morgan fingerprint density at radius 3 is 2.52 bits per heavy atom. The average molecular weight is 362 g/mol. The summed E-state index contributed by atoms with van der Waals surface area (Å²) in [5.41, 5.74) is 2.95. The standard InChI is InChI=1S/C21H22N4O2/c1-14(2)17-9-4-5-10-18(17)23-21(26)19-11-12-20(25-24-19)22-15-7-6-8-16(13-15)27-3/h4-14H,1-3H3,(H,22,25)(H,23,26). The van der Waals surface area contributed by atoms with Gasteiger partial charge in [-0.15, -0.1) is 10.2 Å². The highest BCUT2D eigenvalue weighted by molar-refractivity contribution is 6.03. The van der Waals surface area contributed by atoms with E-state index in [4.69, 9.17) is 4.74 Å². The van der Waals surface area contributed by atoms with Crippen LogP contribution in [-0.2, 0) is 0 Å². The molecule has 0 atom stereocenters. The Bertz CT molecular complexity index is 923. The summed E-state index contributed by atoms with van der Waals surface area (Å²) >= 11 is 0. The number of anilines is 3. The normalized spacial score (nSPS) is 10.5. The van der Waals surface area contributed by atoms with Crippen molar-refractivity contribution in [2.24, 2.45) is 0 Å². The predicted molar refractivity (Wildman–Crippen MR) is 107 cm³/mol. The van der Waals surface area contributed by atoms with Crippen molar-refractivity contribution in [1.82, 2.24) is 10.2 Å². The molecule has 0 aliphatic heterocycles. The quantitative estimate of drug-likeness (QED) is 0.670. The molecule has 0 fully saturated rings. The van der Waals surface area contributed by atoms with Crippen LogP contribution in [0, 0.1) is 0 Å². The Morgan fingerprint density at radius 2 is 1.81 bits per heavy atom. The van der Waals surface area contributed by atoms with Gasteiger partial charge in [-0.3, -0.25) is 4.79 Å². The smallest absolute Gasteiger partial charge is 0.276 e. The van der Waals surface area contributed by atoms with Crippen molar-refractivity contribution in [1.29, 1.82) is 0 Å². The highest BCUT2D eigenvalue weighted by Gasteiger charge is 2.12. The van der Waals surface area contributed by atoms with Gasteiger partial charge in [0.25, 0.3) is 5.91 Å². The molecule has 3 rings (SSSR count). The minimum atomic E-state index is -0.288. The van der Waals surface area contributed by atoms with Gasteiger partial charge in [0, 0.05) is 17.4 Å². The second-order valence-corrected chi connectivity index (χ2v) is 6.36. The lowest BCUT2D eigenvalue weighted by molar-refractivity contribution is 0.102. The molecule has 6 nitrogen and oxygen atoms in total. The molecular weight excluding hydrogens is 340 g/mol. The summed E-state index contributed by atoms with van der Waals surface area (Å²) in [6.07, 6.45) is 0. The number of benzene rings is 2. The molecule has 138 valence electrons. The molecule has 2 aromatic carbocycles. The molecular formula is C21H22N4O2. The zero-order valence-corrected chi connectivity index (χ0v) is 15.6. The second kappa shape index (κ2) is 8.31. The maximum absolute atomic E-state index is 12.5. The zero-order chi connectivity index (χ0) is 19.2. The first kappa shape index (κ1) is 18.4. The molecule has 0 saturated carbocycles. The fourth-order valence-electron chi connectivity index (χ4n) is 2.67. The highest BCUT2D eigenvalue weighted by Crippen LogP contribution is 2.24. The molecule has 0 bridgehead atoms. The van der Waals surface area contributed by atoms with Crippen molar-refractivity contribution >= 4 is 23.1 Å². The summed E-state index contributed by atoms with van der Waals surface area (Å²) in [6, 6.07) is 18.6. The van der Waals surface area contributed by atoms with Crippen LogP contribution in [0.3, 0.4) is 0 Å². The van der Waals surface area contributed by atoms with Gasteiger partial charge in [-0.05, 0) is 41.8 Å². The molecule has 6 heteroatoms. The van der Waals surface area contributed by atoms with E-state index in [-0.39, 0.29) is 11.6 Å². The molecule has 0 saturated heterocycles. The minimum absolute atomic E-state index is 0.254. The van der Waals surface area contributed by atoms with Crippen LogP contribution >= 0.6 is 0 Å². The highest BCUT2D eigenvalue weighted by atomic mass is 16.5. The molecule has 0 aliphatic carbocycles. The van der Waals surface area contributed by atoms with Crippen LogP contribution in [0.5, 0.6) is 5.75 Å². The van der Waals surface area contributed by atoms with E-state index in [0.717, 1.165) is 22.7 Å². The molecule has 2 N–H and O–H groups in total. The van der Waals surface area contributed by atoms with Gasteiger partial charge in [-0.2, -0.15) is 0 Å². The number of ether oxygens (including phenoxy) is 1. The lowest BCUT2D eigenvalue weighted by atomic mass is 10.0. The summed E-state index contributed by atoms with van der Waals surface area (Å²) in [5, 5.41) is 14.2. The Hall–Kier alpha value is -3.41. The van der Waals surface area contributed by atoms with Crippen LogP contribution in [0.25, 0.3) is 0 Å². The van der Waals surface area contributed by atoms with Crippen LogP contribution < -0.4 is 15.4 Å². The van der Waals surface area contributed by atoms with E-state index in [1.165, 1.54) is 0 Å². The number of carbonyl (C=O) groups excluding carboxylic acids is 1. The summed E-state index contributed by atoms with van der Waals surface area (Å²) < 4.78 is 5.20. The molecule has 0 aliphatic rings. The van der Waals surface area contributed by atoms with E-state index in [1.54, 1.807) is 19.2 Å². The van der Waals surface area contributed by atoms with Gasteiger partial charge in [0.2, 0.25) is 0 Å². The third-order valence-corrected chi connectivity index (χ3v) is 4.07. The molecule has 1 aromatic heterocycles. The van der Waals surface area contributed by atoms with Crippen LogP contribution in [-0.4, -0.2) is 23.2 Å². The molecule has 0 spiro atoms. The fourth-order valence-corrected chi connectivity index (χ4v) is 2.67. The summed E-state index contributed by atoms with van der Waals surface area (Å²) in [6.45, 7) is 4.17. The number of carbonyl (C=O) groups is 1. The Morgan fingerprint density at radius 1 is 1.00 bits per heavy atom. The molecule has 0 radical (unpaired) electrons. The number of hydrogen-bond donors (Lipinski definition) is 2. The second-order valence-electron chi connectivity index (χ2n) is 6.36. The number of amides is 1. The largest absolute Gasteiger partial charge is 0.497 e.